The summed E-state index contributed by atoms with van der Waals surface area (Å²) in [5, 5.41) is 15.0. The Bertz CT molecular complexity index is 910. The third kappa shape index (κ3) is 4.46. The Balaban J connectivity index is 1.71. The molecule has 0 aliphatic carbocycles. The molecule has 0 aliphatic heterocycles. The second kappa shape index (κ2) is 8.68. The third-order valence-corrected chi connectivity index (χ3v) is 5.10. The molecule has 27 heavy (non-hydrogen) atoms. The van der Waals surface area contributed by atoms with E-state index in [-0.39, 0.29) is 11.2 Å². The molecule has 1 heterocycles. The number of para-hydroxylation sites is 1. The van der Waals surface area contributed by atoms with Crippen LogP contribution in [0.5, 0.6) is 5.75 Å². The molecule has 3 rings (SSSR count). The smallest absolute Gasteiger partial charge is 0.237 e. The fraction of sp³-hybridized carbons (Fsp3) is 0.263. The van der Waals surface area contributed by atoms with Crippen molar-refractivity contribution in [3.8, 4) is 11.4 Å². The second-order valence-electron chi connectivity index (χ2n) is 5.83. The number of rotatable bonds is 7. The monoisotopic (exact) mass is 383 g/mol. The molecule has 0 bridgehead atoms. The van der Waals surface area contributed by atoms with Gasteiger partial charge in [0.25, 0.3) is 0 Å². The Kier molecular flexibility index (Phi) is 6.08. The van der Waals surface area contributed by atoms with Crippen molar-refractivity contribution in [3.05, 3.63) is 54.1 Å². The number of methoxy groups -OCH3 is 1. The topological polar surface area (TPSA) is 81.9 Å². The molecule has 1 amide bonds. The van der Waals surface area contributed by atoms with Crippen LogP contribution in [-0.2, 0) is 11.2 Å². The first-order valence-electron chi connectivity index (χ1n) is 8.60. The highest BCUT2D eigenvalue weighted by molar-refractivity contribution is 8.00. The van der Waals surface area contributed by atoms with Crippen LogP contribution in [0.15, 0.2) is 53.7 Å². The third-order valence-electron chi connectivity index (χ3n) is 4.07. The van der Waals surface area contributed by atoms with Crippen LogP contribution in [0.1, 0.15) is 19.4 Å². The minimum absolute atomic E-state index is 0.0924. The Morgan fingerprint density at radius 2 is 1.96 bits per heavy atom. The number of hydrogen-bond acceptors (Lipinski definition) is 6. The summed E-state index contributed by atoms with van der Waals surface area (Å²) < 4.78 is 6.77. The molecular formula is C19H21N5O2S. The van der Waals surface area contributed by atoms with Gasteiger partial charge in [-0.3, -0.25) is 4.79 Å². The van der Waals surface area contributed by atoms with Gasteiger partial charge in [0, 0.05) is 5.69 Å². The van der Waals surface area contributed by atoms with E-state index >= 15 is 0 Å². The van der Waals surface area contributed by atoms with Gasteiger partial charge in [0.1, 0.15) is 5.75 Å². The van der Waals surface area contributed by atoms with Crippen LogP contribution in [0.25, 0.3) is 5.69 Å². The summed E-state index contributed by atoms with van der Waals surface area (Å²) in [6, 6.07) is 15.2. The Morgan fingerprint density at radius 1 is 1.22 bits per heavy atom. The number of amides is 1. The lowest BCUT2D eigenvalue weighted by molar-refractivity contribution is -0.115. The van der Waals surface area contributed by atoms with Crippen LogP contribution in [-0.4, -0.2) is 38.5 Å². The first-order valence-corrected chi connectivity index (χ1v) is 9.48. The number of aromatic nitrogens is 4. The zero-order valence-electron chi connectivity index (χ0n) is 15.4. The van der Waals surface area contributed by atoms with E-state index in [0.29, 0.717) is 5.16 Å². The molecule has 0 radical (unpaired) electrons. The normalized spacial score (nSPS) is 11.8. The maximum absolute atomic E-state index is 12.6. The van der Waals surface area contributed by atoms with Crippen LogP contribution >= 0.6 is 11.8 Å². The molecule has 0 fully saturated rings. The van der Waals surface area contributed by atoms with Crippen molar-refractivity contribution in [2.24, 2.45) is 0 Å². The fourth-order valence-electron chi connectivity index (χ4n) is 2.53. The Morgan fingerprint density at radius 3 is 2.67 bits per heavy atom. The van der Waals surface area contributed by atoms with Gasteiger partial charge in [-0.15, -0.1) is 5.10 Å². The molecule has 2 aromatic carbocycles. The zero-order chi connectivity index (χ0) is 19.2. The van der Waals surface area contributed by atoms with E-state index in [0.717, 1.165) is 29.1 Å². The molecule has 0 spiro atoms. The van der Waals surface area contributed by atoms with E-state index in [1.54, 1.807) is 11.8 Å². The summed E-state index contributed by atoms with van der Waals surface area (Å²) >= 11 is 1.31. The van der Waals surface area contributed by atoms with Gasteiger partial charge >= 0.3 is 0 Å². The molecule has 3 aromatic rings. The summed E-state index contributed by atoms with van der Waals surface area (Å²) in [6.45, 7) is 3.90. The standard InChI is InChI=1S/C19H21N5O2S/c1-4-14-7-5-6-8-17(14)20-18(25)13(2)27-19-21-22-23-24(19)15-9-11-16(26-3)12-10-15/h5-13H,4H2,1-3H3,(H,20,25)/t13-/m0/s1. The minimum Gasteiger partial charge on any atom is -0.497 e. The van der Waals surface area contributed by atoms with Crippen LogP contribution < -0.4 is 10.1 Å². The van der Waals surface area contributed by atoms with Crippen molar-refractivity contribution in [1.29, 1.82) is 0 Å². The number of carbonyl (C=O) groups is 1. The minimum atomic E-state index is -0.363. The number of ether oxygens (including phenoxy) is 1. The molecule has 0 unspecified atom stereocenters. The molecular weight excluding hydrogens is 362 g/mol. The Hall–Kier alpha value is -2.87. The van der Waals surface area contributed by atoms with Crippen LogP contribution in [0.2, 0.25) is 0 Å². The fourth-order valence-corrected chi connectivity index (χ4v) is 3.34. The van der Waals surface area contributed by atoms with Crippen molar-refractivity contribution in [2.75, 3.05) is 12.4 Å². The van der Waals surface area contributed by atoms with Gasteiger partial charge in [0.2, 0.25) is 11.1 Å². The van der Waals surface area contributed by atoms with Gasteiger partial charge in [-0.25, -0.2) is 0 Å². The molecule has 1 atom stereocenters. The van der Waals surface area contributed by atoms with E-state index in [1.165, 1.54) is 11.8 Å². The highest BCUT2D eigenvalue weighted by Gasteiger charge is 2.20. The van der Waals surface area contributed by atoms with Crippen LogP contribution in [0, 0.1) is 0 Å². The van der Waals surface area contributed by atoms with E-state index in [1.807, 2.05) is 55.5 Å². The number of nitrogens with one attached hydrogen (secondary N) is 1. The highest BCUT2D eigenvalue weighted by Crippen LogP contribution is 2.25. The summed E-state index contributed by atoms with van der Waals surface area (Å²) in [5.74, 6) is 0.661. The number of hydrogen-bond donors (Lipinski definition) is 1. The molecule has 1 N–H and O–H groups in total. The number of benzene rings is 2. The van der Waals surface area contributed by atoms with Crippen LogP contribution in [0.3, 0.4) is 0 Å². The lowest BCUT2D eigenvalue weighted by Crippen LogP contribution is -2.23. The van der Waals surface area contributed by atoms with Gasteiger partial charge in [0.05, 0.1) is 18.0 Å². The number of thioether (sulfide) groups is 1. The average molecular weight is 383 g/mol. The largest absolute Gasteiger partial charge is 0.497 e. The van der Waals surface area contributed by atoms with Gasteiger partial charge in [0.15, 0.2) is 0 Å². The molecule has 140 valence electrons. The van der Waals surface area contributed by atoms with Gasteiger partial charge < -0.3 is 10.1 Å². The van der Waals surface area contributed by atoms with Crippen molar-refractivity contribution in [3.63, 3.8) is 0 Å². The van der Waals surface area contributed by atoms with Gasteiger partial charge in [-0.1, -0.05) is 36.9 Å². The van der Waals surface area contributed by atoms with Crippen molar-refractivity contribution >= 4 is 23.4 Å². The lowest BCUT2D eigenvalue weighted by atomic mass is 10.1. The summed E-state index contributed by atoms with van der Waals surface area (Å²) in [5.41, 5.74) is 2.74. The van der Waals surface area contributed by atoms with Crippen molar-refractivity contribution in [1.82, 2.24) is 20.2 Å². The average Bonchev–Trinajstić information content (AvgIpc) is 3.16. The summed E-state index contributed by atoms with van der Waals surface area (Å²) in [4.78, 5) is 12.6. The number of aryl methyl sites for hydroxylation is 1. The number of tetrazole rings is 1. The molecule has 8 heteroatoms. The zero-order valence-corrected chi connectivity index (χ0v) is 16.2. The molecule has 0 saturated heterocycles. The van der Waals surface area contributed by atoms with Crippen molar-refractivity contribution in [2.45, 2.75) is 30.7 Å². The molecule has 7 nitrogen and oxygen atoms in total. The van der Waals surface area contributed by atoms with Crippen molar-refractivity contribution < 1.29 is 9.53 Å². The van der Waals surface area contributed by atoms with E-state index in [4.69, 9.17) is 4.74 Å². The predicted octanol–water partition coefficient (Wildman–Crippen LogP) is 3.35. The molecule has 1 aromatic heterocycles. The molecule has 0 aliphatic rings. The maximum Gasteiger partial charge on any atom is 0.237 e. The van der Waals surface area contributed by atoms with E-state index in [9.17, 15) is 4.79 Å². The SMILES string of the molecule is CCc1ccccc1NC(=O)[C@H](C)Sc1nnnn1-c1ccc(OC)cc1. The van der Waals surface area contributed by atoms with Gasteiger partial charge in [-0.2, -0.15) is 4.68 Å². The van der Waals surface area contributed by atoms with Crippen LogP contribution in [0.4, 0.5) is 5.69 Å². The quantitative estimate of drug-likeness (QED) is 0.630. The molecule has 0 saturated carbocycles. The number of anilines is 1. The first-order chi connectivity index (χ1) is 13.1. The van der Waals surface area contributed by atoms with Gasteiger partial charge in [-0.05, 0) is 59.7 Å². The predicted molar refractivity (Wildman–Crippen MR) is 105 cm³/mol. The first kappa shape index (κ1) is 18.9. The van der Waals surface area contributed by atoms with E-state index < -0.39 is 0 Å². The Labute approximate surface area is 162 Å². The summed E-state index contributed by atoms with van der Waals surface area (Å²) in [6.07, 6.45) is 0.855. The second-order valence-corrected chi connectivity index (χ2v) is 7.14. The highest BCUT2D eigenvalue weighted by atomic mass is 32.2. The number of nitrogens with zero attached hydrogens (tertiary/aromatic N) is 4. The van der Waals surface area contributed by atoms with E-state index in [2.05, 4.69) is 27.8 Å². The maximum atomic E-state index is 12.6. The summed E-state index contributed by atoms with van der Waals surface area (Å²) in [7, 11) is 1.62. The number of carbonyl (C=O) groups excluding carboxylic acids is 1. The lowest BCUT2D eigenvalue weighted by Gasteiger charge is -2.14.